The van der Waals surface area contributed by atoms with Gasteiger partial charge in [-0.3, -0.25) is 23.5 Å². The van der Waals surface area contributed by atoms with Crippen molar-refractivity contribution in [2.75, 3.05) is 6.54 Å². The molecule has 2 aromatic heterocycles. The molecule has 4 rings (SSSR count). The van der Waals surface area contributed by atoms with E-state index in [1.54, 1.807) is 11.0 Å². The Morgan fingerprint density at radius 3 is 2.56 bits per heavy atom. The molecule has 3 heterocycles. The van der Waals surface area contributed by atoms with Gasteiger partial charge in [0.1, 0.15) is 17.1 Å². The summed E-state index contributed by atoms with van der Waals surface area (Å²) in [6, 6.07) is 3.00. The third-order valence-electron chi connectivity index (χ3n) is 5.90. The van der Waals surface area contributed by atoms with E-state index in [2.05, 4.69) is 4.98 Å². The molecule has 0 spiro atoms. The summed E-state index contributed by atoms with van der Waals surface area (Å²) in [5.74, 6) is -0.0714. The predicted molar refractivity (Wildman–Crippen MR) is 98.6 cm³/mol. The lowest BCUT2D eigenvalue weighted by Crippen LogP contribution is -2.42. The van der Waals surface area contributed by atoms with Gasteiger partial charge in [-0.2, -0.15) is 0 Å². The molecule has 0 bridgehead atoms. The van der Waals surface area contributed by atoms with E-state index in [4.69, 9.17) is 0 Å². The Balaban J connectivity index is 1.73. The van der Waals surface area contributed by atoms with Crippen LogP contribution in [-0.4, -0.2) is 43.3 Å². The van der Waals surface area contributed by atoms with E-state index in [1.165, 1.54) is 24.7 Å². The van der Waals surface area contributed by atoms with Gasteiger partial charge in [0, 0.05) is 39.0 Å². The highest BCUT2D eigenvalue weighted by Crippen LogP contribution is 2.34. The molecule has 1 amide bonds. The number of Topliss-reactive ketones (excluding diaryl/α,β-unsaturated/α-hetero) is 1. The molecule has 2 aromatic rings. The van der Waals surface area contributed by atoms with Gasteiger partial charge in [-0.1, -0.05) is 0 Å². The average molecular weight is 370 g/mol. The zero-order valence-electron chi connectivity index (χ0n) is 15.5. The van der Waals surface area contributed by atoms with Crippen LogP contribution in [0.25, 0.3) is 11.0 Å². The summed E-state index contributed by atoms with van der Waals surface area (Å²) in [6.07, 6.45) is 4.02. The molecule has 1 saturated heterocycles. The number of carbonyl (C=O) groups excluding carboxylic acids is 2. The number of ketones is 1. The van der Waals surface area contributed by atoms with E-state index in [9.17, 15) is 19.2 Å². The fourth-order valence-corrected chi connectivity index (χ4v) is 4.43. The van der Waals surface area contributed by atoms with Crippen LogP contribution in [0.1, 0.15) is 42.6 Å². The smallest absolute Gasteiger partial charge is 0.332 e. The normalized spacial score (nSPS) is 22.7. The van der Waals surface area contributed by atoms with Crippen LogP contribution in [0, 0.1) is 5.92 Å². The number of fused-ring (bicyclic) bond motifs is 1. The van der Waals surface area contributed by atoms with Gasteiger partial charge in [-0.05, 0) is 37.8 Å². The molecule has 1 saturated carbocycles. The summed E-state index contributed by atoms with van der Waals surface area (Å²) in [7, 11) is 2.94. The van der Waals surface area contributed by atoms with Gasteiger partial charge in [0.05, 0.1) is 5.39 Å². The Hall–Kier alpha value is -2.77. The summed E-state index contributed by atoms with van der Waals surface area (Å²) < 4.78 is 2.29. The molecule has 142 valence electrons. The van der Waals surface area contributed by atoms with Crippen molar-refractivity contribution in [1.29, 1.82) is 0 Å². The average Bonchev–Trinajstić information content (AvgIpc) is 3.32. The van der Waals surface area contributed by atoms with Gasteiger partial charge < -0.3 is 4.90 Å². The number of nitrogens with zero attached hydrogens (tertiary/aromatic N) is 4. The number of pyridine rings is 1. The predicted octanol–water partition coefficient (Wildman–Crippen LogP) is 0.606. The summed E-state index contributed by atoms with van der Waals surface area (Å²) in [5, 5.41) is 0.292. The molecular formula is C19H22N4O4. The number of hydrogen-bond donors (Lipinski definition) is 0. The fraction of sp³-hybridized carbons (Fsp3) is 0.526. The van der Waals surface area contributed by atoms with E-state index in [0.717, 1.165) is 30.3 Å². The highest BCUT2D eigenvalue weighted by atomic mass is 16.2. The number of carbonyl (C=O) groups is 2. The molecule has 0 N–H and O–H groups in total. The van der Waals surface area contributed by atoms with Gasteiger partial charge >= 0.3 is 5.69 Å². The summed E-state index contributed by atoms with van der Waals surface area (Å²) in [6.45, 7) is 0.600. The molecule has 2 atom stereocenters. The second-order valence-corrected chi connectivity index (χ2v) is 7.45. The maximum Gasteiger partial charge on any atom is 0.332 e. The van der Waals surface area contributed by atoms with Crippen LogP contribution >= 0.6 is 0 Å². The molecule has 0 aromatic carbocycles. The van der Waals surface area contributed by atoms with Crippen molar-refractivity contribution in [3.8, 4) is 0 Å². The maximum atomic E-state index is 13.1. The summed E-state index contributed by atoms with van der Waals surface area (Å²) >= 11 is 0. The van der Waals surface area contributed by atoms with Crippen LogP contribution in [-0.2, 0) is 18.9 Å². The number of hydrogen-bond acceptors (Lipinski definition) is 5. The van der Waals surface area contributed by atoms with Crippen LogP contribution in [0.5, 0.6) is 0 Å². The van der Waals surface area contributed by atoms with Crippen molar-refractivity contribution in [2.24, 2.45) is 20.0 Å². The minimum Gasteiger partial charge on any atom is -0.334 e. The highest BCUT2D eigenvalue weighted by Gasteiger charge is 2.40. The Morgan fingerprint density at radius 2 is 1.85 bits per heavy atom. The number of aromatic nitrogens is 3. The van der Waals surface area contributed by atoms with Crippen molar-refractivity contribution in [3.05, 3.63) is 38.7 Å². The first-order valence-corrected chi connectivity index (χ1v) is 9.30. The standard InChI is InChI=1S/C19H22N4O4/c1-21-16-12(17(25)22(2)19(21)27)8-9-13(20-16)18(26)23-10-4-6-14(23)11-5-3-7-15(11)24/h8-9,11,14H,3-7,10H2,1-2H3. The lowest BCUT2D eigenvalue weighted by Gasteiger charge is -2.28. The van der Waals surface area contributed by atoms with E-state index >= 15 is 0 Å². The maximum absolute atomic E-state index is 13.1. The van der Waals surface area contributed by atoms with Crippen molar-refractivity contribution >= 4 is 22.7 Å². The van der Waals surface area contributed by atoms with E-state index in [-0.39, 0.29) is 35.0 Å². The van der Waals surface area contributed by atoms with Gasteiger partial charge in [-0.25, -0.2) is 9.78 Å². The quantitative estimate of drug-likeness (QED) is 0.772. The zero-order chi connectivity index (χ0) is 19.3. The summed E-state index contributed by atoms with van der Waals surface area (Å²) in [5.41, 5.74) is -0.528. The molecule has 8 heteroatoms. The largest absolute Gasteiger partial charge is 0.334 e. The molecule has 1 aliphatic heterocycles. The van der Waals surface area contributed by atoms with Gasteiger partial charge in [0.2, 0.25) is 0 Å². The molecule has 1 aliphatic carbocycles. The first kappa shape index (κ1) is 17.6. The molecule has 2 aliphatic rings. The first-order chi connectivity index (χ1) is 12.9. The Labute approximate surface area is 155 Å². The van der Waals surface area contributed by atoms with Crippen molar-refractivity contribution in [2.45, 2.75) is 38.1 Å². The number of likely N-dealkylation sites (tertiary alicyclic amines) is 1. The van der Waals surface area contributed by atoms with Crippen LogP contribution in [0.4, 0.5) is 0 Å². The van der Waals surface area contributed by atoms with E-state index < -0.39 is 11.2 Å². The third kappa shape index (κ3) is 2.70. The van der Waals surface area contributed by atoms with Crippen molar-refractivity contribution in [1.82, 2.24) is 19.0 Å². The Kier molecular flexibility index (Phi) is 4.20. The minimum atomic E-state index is -0.486. The van der Waals surface area contributed by atoms with Gasteiger partial charge in [-0.15, -0.1) is 0 Å². The van der Waals surface area contributed by atoms with Gasteiger partial charge in [0.15, 0.2) is 0 Å². The Bertz CT molecular complexity index is 1070. The molecular weight excluding hydrogens is 348 g/mol. The molecule has 0 radical (unpaired) electrons. The van der Waals surface area contributed by atoms with E-state index in [1.807, 2.05) is 0 Å². The lowest BCUT2D eigenvalue weighted by atomic mass is 9.95. The second-order valence-electron chi connectivity index (χ2n) is 7.45. The van der Waals surface area contributed by atoms with Gasteiger partial charge in [0.25, 0.3) is 11.5 Å². The SMILES string of the molecule is Cn1c(=O)c2ccc(C(=O)N3CCCC3C3CCCC3=O)nc2n(C)c1=O. The molecule has 27 heavy (non-hydrogen) atoms. The fourth-order valence-electron chi connectivity index (χ4n) is 4.43. The van der Waals surface area contributed by atoms with Crippen LogP contribution in [0.2, 0.25) is 0 Å². The topological polar surface area (TPSA) is 94.3 Å². The van der Waals surface area contributed by atoms with Crippen molar-refractivity contribution in [3.63, 3.8) is 0 Å². The van der Waals surface area contributed by atoms with Crippen LogP contribution < -0.4 is 11.2 Å². The number of aryl methyl sites for hydroxylation is 1. The van der Waals surface area contributed by atoms with E-state index in [0.29, 0.717) is 18.4 Å². The third-order valence-corrected chi connectivity index (χ3v) is 5.90. The summed E-state index contributed by atoms with van der Waals surface area (Å²) in [4.78, 5) is 55.8. The lowest BCUT2D eigenvalue weighted by molar-refractivity contribution is -0.121. The van der Waals surface area contributed by atoms with Crippen molar-refractivity contribution < 1.29 is 9.59 Å². The van der Waals surface area contributed by atoms with Crippen LogP contribution in [0.15, 0.2) is 21.7 Å². The molecule has 8 nitrogen and oxygen atoms in total. The second kappa shape index (κ2) is 6.44. The number of rotatable bonds is 2. The first-order valence-electron chi connectivity index (χ1n) is 9.30. The zero-order valence-corrected chi connectivity index (χ0v) is 15.5. The molecule has 2 fully saturated rings. The Morgan fingerprint density at radius 1 is 1.07 bits per heavy atom. The minimum absolute atomic E-state index is 0.0718. The number of amides is 1. The van der Waals surface area contributed by atoms with Crippen LogP contribution in [0.3, 0.4) is 0 Å². The molecule has 2 unspecified atom stereocenters. The highest BCUT2D eigenvalue weighted by molar-refractivity contribution is 5.95. The monoisotopic (exact) mass is 370 g/mol.